The van der Waals surface area contributed by atoms with Gasteiger partial charge in [0.25, 0.3) is 5.91 Å². The van der Waals surface area contributed by atoms with Crippen LogP contribution in [-0.2, 0) is 6.61 Å². The maximum absolute atomic E-state index is 13.7. The van der Waals surface area contributed by atoms with Gasteiger partial charge in [0.1, 0.15) is 18.2 Å². The van der Waals surface area contributed by atoms with Crippen LogP contribution in [0.3, 0.4) is 0 Å². The first kappa shape index (κ1) is 19.6. The summed E-state index contributed by atoms with van der Waals surface area (Å²) in [7, 11) is 1.44. The van der Waals surface area contributed by atoms with Crippen molar-refractivity contribution in [3.05, 3.63) is 88.4 Å². The number of nitrogens with one attached hydrogen (secondary N) is 1. The molecular weight excluding hydrogens is 388 g/mol. The molecule has 0 spiro atoms. The molecule has 0 bridgehead atoms. The SMILES string of the molecule is COc1cc(C(=O)Nc2ccc(F)cc2F)ccc1OCc1ccccc1Cl. The first-order valence-corrected chi connectivity index (χ1v) is 8.66. The summed E-state index contributed by atoms with van der Waals surface area (Å²) >= 11 is 6.11. The molecule has 3 aromatic carbocycles. The van der Waals surface area contributed by atoms with Gasteiger partial charge in [0.05, 0.1) is 12.8 Å². The Hall–Kier alpha value is -3.12. The van der Waals surface area contributed by atoms with E-state index in [-0.39, 0.29) is 17.9 Å². The van der Waals surface area contributed by atoms with Crippen LogP contribution in [0.25, 0.3) is 0 Å². The minimum absolute atomic E-state index is 0.121. The van der Waals surface area contributed by atoms with Crippen LogP contribution in [0.1, 0.15) is 15.9 Å². The summed E-state index contributed by atoms with van der Waals surface area (Å²) < 4.78 is 37.7. The van der Waals surface area contributed by atoms with Gasteiger partial charge in [-0.25, -0.2) is 8.78 Å². The van der Waals surface area contributed by atoms with E-state index < -0.39 is 17.5 Å². The minimum Gasteiger partial charge on any atom is -0.493 e. The predicted octanol–water partition coefficient (Wildman–Crippen LogP) is 5.46. The molecule has 1 amide bonds. The lowest BCUT2D eigenvalue weighted by Gasteiger charge is -2.13. The molecule has 0 aliphatic carbocycles. The highest BCUT2D eigenvalue weighted by atomic mass is 35.5. The molecule has 1 N–H and O–H groups in total. The summed E-state index contributed by atoms with van der Waals surface area (Å²) in [6.07, 6.45) is 0. The van der Waals surface area contributed by atoms with Gasteiger partial charge < -0.3 is 14.8 Å². The van der Waals surface area contributed by atoms with E-state index in [9.17, 15) is 13.6 Å². The van der Waals surface area contributed by atoms with Crippen LogP contribution in [0.15, 0.2) is 60.7 Å². The number of carbonyl (C=O) groups is 1. The Bertz CT molecular complexity index is 1010. The number of benzene rings is 3. The smallest absolute Gasteiger partial charge is 0.255 e. The second kappa shape index (κ2) is 8.71. The predicted molar refractivity (Wildman–Crippen MR) is 103 cm³/mol. The lowest BCUT2D eigenvalue weighted by atomic mass is 10.1. The lowest BCUT2D eigenvalue weighted by Crippen LogP contribution is -2.13. The van der Waals surface area contributed by atoms with E-state index in [0.29, 0.717) is 22.6 Å². The lowest BCUT2D eigenvalue weighted by molar-refractivity contribution is 0.102. The van der Waals surface area contributed by atoms with Crippen LogP contribution in [0.5, 0.6) is 11.5 Å². The van der Waals surface area contributed by atoms with Gasteiger partial charge in [0.2, 0.25) is 0 Å². The number of rotatable bonds is 6. The molecule has 0 atom stereocenters. The fraction of sp³-hybridized carbons (Fsp3) is 0.0952. The topological polar surface area (TPSA) is 47.6 Å². The molecule has 0 aliphatic heterocycles. The molecule has 3 rings (SSSR count). The first-order chi connectivity index (χ1) is 13.5. The molecule has 144 valence electrons. The normalized spacial score (nSPS) is 10.4. The first-order valence-electron chi connectivity index (χ1n) is 8.28. The molecule has 4 nitrogen and oxygen atoms in total. The van der Waals surface area contributed by atoms with Gasteiger partial charge in [-0.15, -0.1) is 0 Å². The Labute approximate surface area is 165 Å². The molecule has 0 aromatic heterocycles. The molecule has 28 heavy (non-hydrogen) atoms. The van der Waals surface area contributed by atoms with Gasteiger partial charge in [-0.3, -0.25) is 4.79 Å². The van der Waals surface area contributed by atoms with E-state index in [1.54, 1.807) is 12.1 Å². The van der Waals surface area contributed by atoms with Gasteiger partial charge in [-0.2, -0.15) is 0 Å². The number of hydrogen-bond acceptors (Lipinski definition) is 3. The Balaban J connectivity index is 1.75. The molecule has 0 heterocycles. The number of methoxy groups -OCH3 is 1. The Kier molecular flexibility index (Phi) is 6.11. The number of halogens is 3. The second-order valence-electron chi connectivity index (χ2n) is 5.82. The van der Waals surface area contributed by atoms with E-state index in [0.717, 1.165) is 17.7 Å². The molecule has 0 radical (unpaired) electrons. The summed E-state index contributed by atoms with van der Waals surface area (Å²) in [5, 5.41) is 2.98. The summed E-state index contributed by atoms with van der Waals surface area (Å²) in [4.78, 5) is 12.4. The summed E-state index contributed by atoms with van der Waals surface area (Å²) in [5.74, 6) is -1.40. The zero-order valence-corrected chi connectivity index (χ0v) is 15.6. The van der Waals surface area contributed by atoms with E-state index in [2.05, 4.69) is 5.32 Å². The fourth-order valence-electron chi connectivity index (χ4n) is 2.48. The minimum atomic E-state index is -0.861. The molecular formula is C21H16ClF2NO3. The van der Waals surface area contributed by atoms with Crippen molar-refractivity contribution in [2.45, 2.75) is 6.61 Å². The van der Waals surface area contributed by atoms with Crippen LogP contribution in [0, 0.1) is 11.6 Å². The van der Waals surface area contributed by atoms with E-state index >= 15 is 0 Å². The molecule has 0 fully saturated rings. The van der Waals surface area contributed by atoms with Gasteiger partial charge in [-0.05, 0) is 36.4 Å². The van der Waals surface area contributed by atoms with Gasteiger partial charge in [0, 0.05) is 22.2 Å². The summed E-state index contributed by atoms with van der Waals surface area (Å²) in [6, 6.07) is 14.8. The molecule has 7 heteroatoms. The summed E-state index contributed by atoms with van der Waals surface area (Å²) in [5.41, 5.74) is 0.912. The monoisotopic (exact) mass is 403 g/mol. The molecule has 3 aromatic rings. The largest absolute Gasteiger partial charge is 0.493 e. The highest BCUT2D eigenvalue weighted by Crippen LogP contribution is 2.30. The zero-order chi connectivity index (χ0) is 20.1. The van der Waals surface area contributed by atoms with Crippen molar-refractivity contribution >= 4 is 23.2 Å². The van der Waals surface area contributed by atoms with Crippen LogP contribution in [0.4, 0.5) is 14.5 Å². The number of carbonyl (C=O) groups excluding carboxylic acids is 1. The van der Waals surface area contributed by atoms with Crippen molar-refractivity contribution < 1.29 is 23.0 Å². The second-order valence-corrected chi connectivity index (χ2v) is 6.23. The average molecular weight is 404 g/mol. The standard InChI is InChI=1S/C21H16ClF2NO3/c1-27-20-10-13(21(26)25-18-8-7-15(23)11-17(18)24)6-9-19(20)28-12-14-4-2-3-5-16(14)22/h2-11H,12H2,1H3,(H,25,26). The third-order valence-electron chi connectivity index (χ3n) is 3.95. The van der Waals surface area contributed by atoms with E-state index in [1.807, 2.05) is 18.2 Å². The highest BCUT2D eigenvalue weighted by molar-refractivity contribution is 6.31. The van der Waals surface area contributed by atoms with Crippen molar-refractivity contribution in [1.82, 2.24) is 0 Å². The van der Waals surface area contributed by atoms with Crippen LogP contribution < -0.4 is 14.8 Å². The zero-order valence-electron chi connectivity index (χ0n) is 14.8. The highest BCUT2D eigenvalue weighted by Gasteiger charge is 2.14. The van der Waals surface area contributed by atoms with Gasteiger partial charge >= 0.3 is 0 Å². The molecule has 0 saturated heterocycles. The third kappa shape index (κ3) is 4.58. The maximum atomic E-state index is 13.7. The quantitative estimate of drug-likeness (QED) is 0.594. The van der Waals surface area contributed by atoms with Crippen LogP contribution in [-0.4, -0.2) is 13.0 Å². The summed E-state index contributed by atoms with van der Waals surface area (Å²) in [6.45, 7) is 0.225. The maximum Gasteiger partial charge on any atom is 0.255 e. The van der Waals surface area contributed by atoms with Crippen molar-refractivity contribution in [1.29, 1.82) is 0 Å². The van der Waals surface area contributed by atoms with Gasteiger partial charge in [-0.1, -0.05) is 29.8 Å². The molecule has 0 unspecified atom stereocenters. The number of hydrogen-bond donors (Lipinski definition) is 1. The van der Waals surface area contributed by atoms with Crippen molar-refractivity contribution in [3.8, 4) is 11.5 Å². The van der Waals surface area contributed by atoms with Gasteiger partial charge in [0.15, 0.2) is 11.5 Å². The van der Waals surface area contributed by atoms with Crippen molar-refractivity contribution in [2.75, 3.05) is 12.4 Å². The van der Waals surface area contributed by atoms with Crippen LogP contribution in [0.2, 0.25) is 5.02 Å². The molecule has 0 saturated carbocycles. The average Bonchev–Trinajstić information content (AvgIpc) is 2.69. The fourth-order valence-corrected chi connectivity index (χ4v) is 2.67. The number of amides is 1. The Morgan fingerprint density at radius 1 is 1.04 bits per heavy atom. The van der Waals surface area contributed by atoms with Crippen LogP contribution >= 0.6 is 11.6 Å². The van der Waals surface area contributed by atoms with Crippen molar-refractivity contribution in [3.63, 3.8) is 0 Å². The number of ether oxygens (including phenoxy) is 2. The Morgan fingerprint density at radius 3 is 2.54 bits per heavy atom. The van der Waals surface area contributed by atoms with E-state index in [1.165, 1.54) is 19.2 Å². The van der Waals surface area contributed by atoms with Crippen molar-refractivity contribution in [2.24, 2.45) is 0 Å². The molecule has 0 aliphatic rings. The Morgan fingerprint density at radius 2 is 1.82 bits per heavy atom. The third-order valence-corrected chi connectivity index (χ3v) is 4.31. The van der Waals surface area contributed by atoms with E-state index in [4.69, 9.17) is 21.1 Å². The number of anilines is 1.